The first-order valence-corrected chi connectivity index (χ1v) is 10.3. The summed E-state index contributed by atoms with van der Waals surface area (Å²) in [5.41, 5.74) is 0.657. The lowest BCUT2D eigenvalue weighted by Gasteiger charge is -2.23. The second-order valence-corrected chi connectivity index (χ2v) is 7.74. The number of ether oxygens (including phenoxy) is 3. The number of carbonyl (C=O) groups excluding carboxylic acids is 3. The first-order chi connectivity index (χ1) is 14.1. The summed E-state index contributed by atoms with van der Waals surface area (Å²) in [7, 11) is 0. The van der Waals surface area contributed by atoms with Gasteiger partial charge >= 0.3 is 5.97 Å². The van der Waals surface area contributed by atoms with Gasteiger partial charge in [0.05, 0.1) is 5.92 Å². The number of hydrogen-bond acceptors (Lipinski definition) is 6. The predicted molar refractivity (Wildman–Crippen MR) is 104 cm³/mol. The Hall–Kier alpha value is -2.77. The van der Waals surface area contributed by atoms with Crippen molar-refractivity contribution < 1.29 is 28.6 Å². The smallest absolute Gasteiger partial charge is 0.311 e. The Kier molecular flexibility index (Phi) is 5.87. The molecule has 156 valence electrons. The summed E-state index contributed by atoms with van der Waals surface area (Å²) in [6.45, 7) is 0.880. The lowest BCUT2D eigenvalue weighted by Crippen LogP contribution is -2.39. The first kappa shape index (κ1) is 19.5. The van der Waals surface area contributed by atoms with Gasteiger partial charge in [-0.2, -0.15) is 0 Å². The van der Waals surface area contributed by atoms with Crippen molar-refractivity contribution in [2.24, 2.45) is 5.92 Å². The standard InChI is InChI=1S/C21H26N2O6/c24-19(22-15-4-2-1-3-5-15)13-29-21(26)14-10-20(25)23(12-14)16-6-7-17-18(11-16)28-9-8-27-17/h6-7,11,14-15H,1-5,8-10,12-13H2,(H,22,24)/t14-/m1/s1. The van der Waals surface area contributed by atoms with E-state index in [2.05, 4.69) is 5.32 Å². The lowest BCUT2D eigenvalue weighted by atomic mass is 9.95. The van der Waals surface area contributed by atoms with Crippen LogP contribution in [0.3, 0.4) is 0 Å². The van der Waals surface area contributed by atoms with E-state index in [1.807, 2.05) is 0 Å². The molecule has 1 N–H and O–H groups in total. The minimum atomic E-state index is -0.585. The van der Waals surface area contributed by atoms with Gasteiger partial charge in [0.25, 0.3) is 5.91 Å². The fourth-order valence-electron chi connectivity index (χ4n) is 4.09. The van der Waals surface area contributed by atoms with Crippen molar-refractivity contribution in [1.82, 2.24) is 5.32 Å². The average Bonchev–Trinajstić information content (AvgIpc) is 3.14. The van der Waals surface area contributed by atoms with E-state index in [1.54, 1.807) is 23.1 Å². The minimum Gasteiger partial charge on any atom is -0.486 e. The van der Waals surface area contributed by atoms with Crippen LogP contribution in [0.1, 0.15) is 38.5 Å². The van der Waals surface area contributed by atoms with Gasteiger partial charge in [-0.15, -0.1) is 0 Å². The van der Waals surface area contributed by atoms with Gasteiger partial charge in [-0.05, 0) is 25.0 Å². The Balaban J connectivity index is 1.29. The molecule has 2 aliphatic heterocycles. The highest BCUT2D eigenvalue weighted by Crippen LogP contribution is 2.36. The molecule has 0 spiro atoms. The van der Waals surface area contributed by atoms with Crippen molar-refractivity contribution in [1.29, 1.82) is 0 Å². The molecule has 1 atom stereocenters. The molecule has 8 heteroatoms. The Morgan fingerprint density at radius 2 is 1.86 bits per heavy atom. The third-order valence-electron chi connectivity index (χ3n) is 5.61. The molecule has 8 nitrogen and oxygen atoms in total. The molecule has 0 unspecified atom stereocenters. The largest absolute Gasteiger partial charge is 0.486 e. The highest BCUT2D eigenvalue weighted by molar-refractivity contribution is 5.99. The van der Waals surface area contributed by atoms with Gasteiger partial charge in [0.2, 0.25) is 5.91 Å². The molecule has 2 fully saturated rings. The van der Waals surface area contributed by atoms with Gasteiger partial charge in [0.15, 0.2) is 18.1 Å². The zero-order chi connectivity index (χ0) is 20.2. The molecule has 1 saturated heterocycles. The predicted octanol–water partition coefficient (Wildman–Crippen LogP) is 1.80. The molecule has 3 aliphatic rings. The summed E-state index contributed by atoms with van der Waals surface area (Å²) in [4.78, 5) is 38.4. The molecule has 2 amide bonds. The molecule has 0 bridgehead atoms. The van der Waals surface area contributed by atoms with Crippen LogP contribution in [0, 0.1) is 5.92 Å². The molecule has 0 radical (unpaired) electrons. The van der Waals surface area contributed by atoms with E-state index < -0.39 is 11.9 Å². The Labute approximate surface area is 169 Å². The van der Waals surface area contributed by atoms with Crippen LogP contribution in [-0.2, 0) is 19.1 Å². The zero-order valence-corrected chi connectivity index (χ0v) is 16.4. The third-order valence-corrected chi connectivity index (χ3v) is 5.61. The third kappa shape index (κ3) is 4.63. The minimum absolute atomic E-state index is 0.0670. The van der Waals surface area contributed by atoms with E-state index in [4.69, 9.17) is 14.2 Å². The molecule has 1 saturated carbocycles. The maximum Gasteiger partial charge on any atom is 0.311 e. The van der Waals surface area contributed by atoms with Crippen LogP contribution in [-0.4, -0.2) is 50.2 Å². The number of anilines is 1. The number of hydrogen-bond donors (Lipinski definition) is 1. The van der Waals surface area contributed by atoms with Crippen molar-refractivity contribution >= 4 is 23.5 Å². The summed E-state index contributed by atoms with van der Waals surface area (Å²) < 4.78 is 16.2. The van der Waals surface area contributed by atoms with Crippen LogP contribution in [0.25, 0.3) is 0 Å². The SMILES string of the molecule is O=C(COC(=O)[C@@H]1CC(=O)N(c2ccc3c(c2)OCCO3)C1)NC1CCCCC1. The van der Waals surface area contributed by atoms with Crippen molar-refractivity contribution in [3.05, 3.63) is 18.2 Å². The van der Waals surface area contributed by atoms with E-state index in [0.29, 0.717) is 30.4 Å². The highest BCUT2D eigenvalue weighted by Gasteiger charge is 2.37. The second-order valence-electron chi connectivity index (χ2n) is 7.74. The first-order valence-electron chi connectivity index (χ1n) is 10.3. The number of esters is 1. The highest BCUT2D eigenvalue weighted by atomic mass is 16.6. The van der Waals surface area contributed by atoms with Crippen molar-refractivity contribution in [2.45, 2.75) is 44.6 Å². The summed E-state index contributed by atoms with van der Waals surface area (Å²) in [6, 6.07) is 5.46. The monoisotopic (exact) mass is 402 g/mol. The molecular weight excluding hydrogens is 376 g/mol. The topological polar surface area (TPSA) is 94.2 Å². The maximum atomic E-state index is 12.4. The number of benzene rings is 1. The second kappa shape index (κ2) is 8.71. The van der Waals surface area contributed by atoms with Crippen molar-refractivity contribution in [2.75, 3.05) is 31.3 Å². The quantitative estimate of drug-likeness (QED) is 0.755. The van der Waals surface area contributed by atoms with Gasteiger partial charge in [-0.25, -0.2) is 0 Å². The van der Waals surface area contributed by atoms with Gasteiger partial charge < -0.3 is 24.4 Å². The summed E-state index contributed by atoms with van der Waals surface area (Å²) in [6.07, 6.45) is 5.45. The molecule has 4 rings (SSSR count). The summed E-state index contributed by atoms with van der Waals surface area (Å²) in [5.74, 6) is -0.303. The fraction of sp³-hybridized carbons (Fsp3) is 0.571. The van der Waals surface area contributed by atoms with Crippen LogP contribution in [0.2, 0.25) is 0 Å². The number of rotatable bonds is 5. The Morgan fingerprint density at radius 1 is 1.10 bits per heavy atom. The number of amides is 2. The Bertz CT molecular complexity index is 789. The van der Waals surface area contributed by atoms with Gasteiger partial charge in [0, 0.05) is 30.8 Å². The van der Waals surface area contributed by atoms with E-state index in [1.165, 1.54) is 6.42 Å². The molecule has 2 heterocycles. The summed E-state index contributed by atoms with van der Waals surface area (Å²) >= 11 is 0. The fourth-order valence-corrected chi connectivity index (χ4v) is 4.09. The maximum absolute atomic E-state index is 12.4. The average molecular weight is 402 g/mol. The van der Waals surface area contributed by atoms with E-state index in [0.717, 1.165) is 25.7 Å². The zero-order valence-electron chi connectivity index (χ0n) is 16.4. The molecule has 1 aliphatic carbocycles. The number of carbonyl (C=O) groups is 3. The molecule has 0 aromatic heterocycles. The van der Waals surface area contributed by atoms with Crippen molar-refractivity contribution in [3.8, 4) is 11.5 Å². The lowest BCUT2D eigenvalue weighted by molar-refractivity contribution is -0.152. The Morgan fingerprint density at radius 3 is 2.66 bits per heavy atom. The van der Waals surface area contributed by atoms with Gasteiger partial charge in [0.1, 0.15) is 13.2 Å². The normalized spacial score (nSPS) is 21.7. The van der Waals surface area contributed by atoms with E-state index >= 15 is 0 Å². The molecule has 1 aromatic rings. The number of nitrogens with zero attached hydrogens (tertiary/aromatic N) is 1. The van der Waals surface area contributed by atoms with Crippen LogP contribution in [0.15, 0.2) is 18.2 Å². The van der Waals surface area contributed by atoms with Crippen LogP contribution >= 0.6 is 0 Å². The molecular formula is C21H26N2O6. The van der Waals surface area contributed by atoms with Crippen LogP contribution < -0.4 is 19.7 Å². The van der Waals surface area contributed by atoms with E-state index in [-0.39, 0.29) is 37.4 Å². The number of fused-ring (bicyclic) bond motifs is 1. The van der Waals surface area contributed by atoms with Crippen LogP contribution in [0.5, 0.6) is 11.5 Å². The molecule has 1 aromatic carbocycles. The molecule has 29 heavy (non-hydrogen) atoms. The van der Waals surface area contributed by atoms with Gasteiger partial charge in [-0.3, -0.25) is 14.4 Å². The number of nitrogens with one attached hydrogen (secondary N) is 1. The van der Waals surface area contributed by atoms with Crippen molar-refractivity contribution in [3.63, 3.8) is 0 Å². The van der Waals surface area contributed by atoms with Gasteiger partial charge in [-0.1, -0.05) is 19.3 Å². The summed E-state index contributed by atoms with van der Waals surface area (Å²) in [5, 5.41) is 2.92. The van der Waals surface area contributed by atoms with Crippen LogP contribution in [0.4, 0.5) is 5.69 Å². The van der Waals surface area contributed by atoms with E-state index in [9.17, 15) is 14.4 Å².